The van der Waals surface area contributed by atoms with E-state index in [1.807, 2.05) is 0 Å². The zero-order valence-corrected chi connectivity index (χ0v) is 34.7. The van der Waals surface area contributed by atoms with Gasteiger partial charge in [0.05, 0.1) is 27.2 Å². The molecule has 2 saturated heterocycles. The number of hydrogen-bond donors (Lipinski definition) is 0. The van der Waals surface area contributed by atoms with Gasteiger partial charge >= 0.3 is 17.1 Å². The first kappa shape index (κ1) is 39.4. The third-order valence-electron chi connectivity index (χ3n) is 10.5. The summed E-state index contributed by atoms with van der Waals surface area (Å²) in [6.07, 6.45) is 1.16. The summed E-state index contributed by atoms with van der Waals surface area (Å²) >= 11 is 0. The van der Waals surface area contributed by atoms with Crippen molar-refractivity contribution in [3.05, 3.63) is 84.5 Å². The highest BCUT2D eigenvalue weighted by atomic mass is 28.5. The van der Waals surface area contributed by atoms with Crippen LogP contribution in [0.1, 0.15) is 82.3 Å². The van der Waals surface area contributed by atoms with E-state index in [-0.39, 0.29) is 51.2 Å². The first-order valence-electron chi connectivity index (χ1n) is 18.4. The van der Waals surface area contributed by atoms with Gasteiger partial charge in [-0.05, 0) is 70.7 Å². The van der Waals surface area contributed by atoms with Crippen LogP contribution in [0, 0.1) is 0 Å². The van der Waals surface area contributed by atoms with Gasteiger partial charge in [0.15, 0.2) is 23.2 Å². The zero-order chi connectivity index (χ0) is 39.1. The van der Waals surface area contributed by atoms with Crippen LogP contribution >= 0.6 is 0 Å². The number of aromatic nitrogens is 4. The van der Waals surface area contributed by atoms with E-state index in [0.29, 0.717) is 22.7 Å². The molecule has 0 radical (unpaired) electrons. The van der Waals surface area contributed by atoms with Crippen LogP contribution in [0.15, 0.2) is 73.3 Å². The summed E-state index contributed by atoms with van der Waals surface area (Å²) in [5.74, 6) is -0.0691. The molecular formula is C39H51N5O8Si2. The fourth-order valence-electron chi connectivity index (χ4n) is 7.53. The monoisotopic (exact) mass is 773 g/mol. The summed E-state index contributed by atoms with van der Waals surface area (Å²) in [6, 6.07) is 13.0. The third kappa shape index (κ3) is 6.81. The molecule has 2 aromatic heterocycles. The van der Waals surface area contributed by atoms with Crippen molar-refractivity contribution < 1.29 is 36.8 Å². The molecule has 0 bridgehead atoms. The number of hydrogen-bond acceptors (Lipinski definition) is 11. The molecule has 0 spiro atoms. The van der Waals surface area contributed by atoms with E-state index >= 15 is 0 Å². The van der Waals surface area contributed by atoms with Crippen molar-refractivity contribution in [1.29, 1.82) is 0 Å². The van der Waals surface area contributed by atoms with E-state index in [4.69, 9.17) is 27.2 Å². The number of imidazole rings is 1. The second-order valence-electron chi connectivity index (χ2n) is 15.0. The van der Waals surface area contributed by atoms with Gasteiger partial charge in [0, 0.05) is 16.7 Å². The highest BCUT2D eigenvalue weighted by molar-refractivity contribution is 6.84. The summed E-state index contributed by atoms with van der Waals surface area (Å²) in [6.45, 7) is 22.2. The summed E-state index contributed by atoms with van der Waals surface area (Å²) in [5.41, 5.74) is 2.34. The molecule has 2 aliphatic rings. The summed E-state index contributed by atoms with van der Waals surface area (Å²) in [5, 5.41) is 0. The van der Waals surface area contributed by atoms with Crippen molar-refractivity contribution in [2.75, 3.05) is 25.7 Å². The number of methoxy groups -OCH3 is 2. The van der Waals surface area contributed by atoms with Gasteiger partial charge in [0.2, 0.25) is 0 Å². The van der Waals surface area contributed by atoms with E-state index in [1.54, 1.807) is 59.4 Å². The second-order valence-corrected chi connectivity index (χ2v) is 23.9. The van der Waals surface area contributed by atoms with Gasteiger partial charge in [-0.3, -0.25) is 14.2 Å². The molecule has 6 rings (SSSR count). The molecule has 0 N–H and O–H groups in total. The van der Waals surface area contributed by atoms with Crippen LogP contribution in [0.2, 0.25) is 22.2 Å². The minimum Gasteiger partial charge on any atom is -0.497 e. The second kappa shape index (κ2) is 15.5. The fourth-order valence-corrected chi connectivity index (χ4v) is 18.7. The standard InChI is InChI=1S/C39H51N5O8Si2/c1-23(2)53(24(3)4)49-20-32-34(51-54(52-53,25(5)6)26(7)8)27(9)39(50-32)43-22-42-33-35(43)40-21-41-36(33)44(37(45)28-12-16-30(47-10)17-13-28)38(46)29-14-18-31(48-11)19-15-29/h12-19,21-26,32,34,39H,9,20H2,1-8,10-11H3/t32-,34+,39-/m1/s1. The highest BCUT2D eigenvalue weighted by Crippen LogP contribution is 2.49. The molecule has 13 nitrogen and oxygen atoms in total. The number of ether oxygens (including phenoxy) is 3. The van der Waals surface area contributed by atoms with Crippen LogP contribution < -0.4 is 14.4 Å². The van der Waals surface area contributed by atoms with Crippen LogP contribution in [0.3, 0.4) is 0 Å². The maximum absolute atomic E-state index is 14.3. The smallest absolute Gasteiger partial charge is 0.335 e. The van der Waals surface area contributed by atoms with Crippen LogP contribution in [0.4, 0.5) is 5.82 Å². The molecule has 54 heavy (non-hydrogen) atoms. The minimum absolute atomic E-state index is 0.0127. The van der Waals surface area contributed by atoms with Crippen molar-refractivity contribution in [2.24, 2.45) is 0 Å². The maximum Gasteiger partial charge on any atom is 0.335 e. The largest absolute Gasteiger partial charge is 0.497 e. The van der Waals surface area contributed by atoms with E-state index in [2.05, 4.69) is 76.9 Å². The summed E-state index contributed by atoms with van der Waals surface area (Å²) in [4.78, 5) is 43.3. The maximum atomic E-state index is 14.3. The average molecular weight is 774 g/mol. The van der Waals surface area contributed by atoms with Crippen molar-refractivity contribution >= 4 is 45.9 Å². The van der Waals surface area contributed by atoms with Gasteiger partial charge in [-0.1, -0.05) is 62.0 Å². The van der Waals surface area contributed by atoms with Crippen molar-refractivity contribution in [3.8, 4) is 11.5 Å². The molecular weight excluding hydrogens is 723 g/mol. The molecule has 2 amide bonds. The van der Waals surface area contributed by atoms with Crippen LogP contribution in [0.25, 0.3) is 11.2 Å². The Morgan fingerprint density at radius 3 is 1.80 bits per heavy atom. The van der Waals surface area contributed by atoms with E-state index in [9.17, 15) is 9.59 Å². The average Bonchev–Trinajstić information content (AvgIpc) is 3.71. The highest BCUT2D eigenvalue weighted by Gasteiger charge is 2.60. The number of carbonyl (C=O) groups is 2. The molecule has 0 saturated carbocycles. The Hall–Kier alpha value is -4.26. The first-order chi connectivity index (χ1) is 25.7. The Bertz CT molecular complexity index is 1920. The van der Waals surface area contributed by atoms with Gasteiger partial charge in [-0.15, -0.1) is 0 Å². The first-order valence-corrected chi connectivity index (χ1v) is 22.3. The third-order valence-corrected chi connectivity index (χ3v) is 20.8. The number of nitrogens with zero attached hydrogens (tertiary/aromatic N) is 5. The topological polar surface area (TPSA) is 136 Å². The van der Waals surface area contributed by atoms with E-state index in [0.717, 1.165) is 4.90 Å². The SMILES string of the molecule is C=C1[C@H](n2cnc3c(N(C(=O)c4ccc(OC)cc4)C(=O)c4ccc(OC)cc4)ncnc32)O[C@@H]2CO[Si](C(C)C)(C(C)C)O[Si](C(C)C)(C(C)C)O[C@@H]12. The number of amides is 2. The molecule has 2 fully saturated rings. The molecule has 3 atom stereocenters. The van der Waals surface area contributed by atoms with Crippen molar-refractivity contribution in [1.82, 2.24) is 19.5 Å². The molecule has 2 aliphatic heterocycles. The lowest BCUT2D eigenvalue weighted by molar-refractivity contribution is -0.0541. The lowest BCUT2D eigenvalue weighted by atomic mass is 10.1. The molecule has 0 aliphatic carbocycles. The fraction of sp³-hybridized carbons (Fsp3) is 0.462. The Morgan fingerprint density at radius 2 is 1.31 bits per heavy atom. The molecule has 2 aromatic carbocycles. The van der Waals surface area contributed by atoms with Crippen LogP contribution in [-0.2, 0) is 17.7 Å². The van der Waals surface area contributed by atoms with Gasteiger partial charge in [-0.25, -0.2) is 19.9 Å². The zero-order valence-electron chi connectivity index (χ0n) is 32.7. The normalized spacial score (nSPS) is 21.0. The number of rotatable bonds is 10. The van der Waals surface area contributed by atoms with Crippen LogP contribution in [0.5, 0.6) is 11.5 Å². The van der Waals surface area contributed by atoms with Crippen molar-refractivity contribution in [3.63, 3.8) is 0 Å². The Balaban J connectivity index is 1.42. The number of fused-ring (bicyclic) bond motifs is 2. The lowest BCUT2D eigenvalue weighted by Crippen LogP contribution is -2.65. The van der Waals surface area contributed by atoms with Gasteiger partial charge < -0.3 is 27.2 Å². The number of imide groups is 1. The quantitative estimate of drug-likeness (QED) is 0.0890. The molecule has 4 aromatic rings. The van der Waals surface area contributed by atoms with Crippen LogP contribution in [-0.4, -0.2) is 81.5 Å². The van der Waals surface area contributed by atoms with Gasteiger partial charge in [0.1, 0.15) is 30.0 Å². The minimum atomic E-state index is -2.95. The van der Waals surface area contributed by atoms with Gasteiger partial charge in [-0.2, -0.15) is 0 Å². The summed E-state index contributed by atoms with van der Waals surface area (Å²) in [7, 11) is -2.68. The molecule has 288 valence electrons. The van der Waals surface area contributed by atoms with E-state index in [1.165, 1.54) is 20.5 Å². The number of benzene rings is 2. The van der Waals surface area contributed by atoms with Crippen molar-refractivity contribution in [2.45, 2.75) is 96.0 Å². The Morgan fingerprint density at radius 1 is 0.796 bits per heavy atom. The molecule has 15 heteroatoms. The summed E-state index contributed by atoms with van der Waals surface area (Å²) < 4.78 is 40.7. The number of carbonyl (C=O) groups excluding carboxylic acids is 2. The predicted molar refractivity (Wildman–Crippen MR) is 209 cm³/mol. The Labute approximate surface area is 319 Å². The molecule has 4 heterocycles. The molecule has 0 unspecified atom stereocenters. The van der Waals surface area contributed by atoms with Gasteiger partial charge in [0.25, 0.3) is 11.8 Å². The Kier molecular flexibility index (Phi) is 11.3. The number of anilines is 1. The van der Waals surface area contributed by atoms with E-state index < -0.39 is 47.4 Å². The lowest BCUT2D eigenvalue weighted by Gasteiger charge is -2.51. The predicted octanol–water partition coefficient (Wildman–Crippen LogP) is 7.74.